The molecule has 8 heterocycles. The number of carbonyl (C=O) groups is 5. The van der Waals surface area contributed by atoms with Crippen LogP contribution in [0, 0.1) is 5.82 Å². The number of benzene rings is 3. The van der Waals surface area contributed by atoms with E-state index in [-0.39, 0.29) is 61.3 Å². The fourth-order valence-corrected chi connectivity index (χ4v) is 11.2. The third kappa shape index (κ3) is 7.97. The highest BCUT2D eigenvalue weighted by molar-refractivity contribution is 7.13. The molecule has 0 spiro atoms. The molecule has 3 fully saturated rings. The van der Waals surface area contributed by atoms with E-state index in [2.05, 4.69) is 30.8 Å². The average Bonchev–Trinajstić information content (AvgIpc) is 4.19. The van der Waals surface area contributed by atoms with Crippen molar-refractivity contribution in [2.75, 3.05) is 49.5 Å². The molecule has 68 heavy (non-hydrogen) atoms. The van der Waals surface area contributed by atoms with Crippen molar-refractivity contribution < 1.29 is 37.1 Å². The highest BCUT2D eigenvalue weighted by atomic mass is 32.1. The second-order valence-corrected chi connectivity index (χ2v) is 19.1. The Kier molecular flexibility index (Phi) is 11.1. The number of imidazole rings is 1. The molecule has 0 aliphatic carbocycles. The van der Waals surface area contributed by atoms with Gasteiger partial charge in [0.25, 0.3) is 17.7 Å². The van der Waals surface area contributed by atoms with Gasteiger partial charge in [0.2, 0.25) is 11.8 Å². The molecule has 0 bridgehead atoms. The standard InChI is InChI=1S/C48H46F3N11O5S/c49-36-21-31(20-33-34(36)23-62(45(33)66)42(44(65)55-46-52-13-19-68-46)41-38-2-1-14-60(38)26-53-41)28-5-3-27(4-6-28)29-9-16-59(17-10-29)40(64)24-58-15-11-35(48(50,51)25-58)30-7-8-32-37(22-30)56-57-43(32)61-18-12-39(63)54-47(61)67/h3-8,13,19-22,26,29,35,42H,1-2,9-12,14-18,23-25H2,(H,56,57)(H,52,55,65)(H,54,63,67). The Morgan fingerprint density at radius 2 is 1.72 bits per heavy atom. The number of urea groups is 1. The van der Waals surface area contributed by atoms with Gasteiger partial charge in [0.05, 0.1) is 43.1 Å². The first kappa shape index (κ1) is 43.6. The molecule has 5 aliphatic rings. The van der Waals surface area contributed by atoms with Crippen LogP contribution in [0.25, 0.3) is 22.0 Å². The summed E-state index contributed by atoms with van der Waals surface area (Å²) >= 11 is 1.26. The lowest BCUT2D eigenvalue weighted by Gasteiger charge is -2.39. The number of nitrogens with zero attached hydrogens (tertiary/aromatic N) is 8. The summed E-state index contributed by atoms with van der Waals surface area (Å²) in [4.78, 5) is 80.3. The van der Waals surface area contributed by atoms with Crippen LogP contribution >= 0.6 is 11.3 Å². The van der Waals surface area contributed by atoms with E-state index in [1.807, 2.05) is 28.8 Å². The minimum Gasteiger partial charge on any atom is -0.342 e. The zero-order valence-electron chi connectivity index (χ0n) is 36.7. The number of anilines is 2. The summed E-state index contributed by atoms with van der Waals surface area (Å²) in [7, 11) is 0. The molecular formula is C48H46F3N11O5S. The number of halogens is 3. The zero-order chi connectivity index (χ0) is 46.8. The van der Waals surface area contributed by atoms with Gasteiger partial charge in [-0.05, 0) is 91.1 Å². The first-order chi connectivity index (χ1) is 32.9. The zero-order valence-corrected chi connectivity index (χ0v) is 37.5. The number of nitrogens with one attached hydrogen (secondary N) is 3. The molecule has 16 nitrogen and oxygen atoms in total. The molecule has 2 unspecified atom stereocenters. The van der Waals surface area contributed by atoms with Crippen LogP contribution in [-0.2, 0) is 33.9 Å². The van der Waals surface area contributed by atoms with Crippen LogP contribution in [0.2, 0.25) is 0 Å². The van der Waals surface area contributed by atoms with Gasteiger partial charge in [-0.15, -0.1) is 11.3 Å². The first-order valence-electron chi connectivity index (χ1n) is 22.8. The predicted octanol–water partition coefficient (Wildman–Crippen LogP) is 6.58. The van der Waals surface area contributed by atoms with Crippen molar-refractivity contribution in [1.82, 2.24) is 44.7 Å². The van der Waals surface area contributed by atoms with Gasteiger partial charge in [-0.3, -0.25) is 44.7 Å². The molecule has 6 aromatic rings. The Labute approximate surface area is 391 Å². The van der Waals surface area contributed by atoms with E-state index in [1.54, 1.807) is 47.1 Å². The number of hydrogen-bond acceptors (Lipinski definition) is 10. The number of fused-ring (bicyclic) bond motifs is 3. The third-order valence-corrected chi connectivity index (χ3v) is 14.9. The highest BCUT2D eigenvalue weighted by Crippen LogP contribution is 2.43. The van der Waals surface area contributed by atoms with E-state index in [0.29, 0.717) is 77.6 Å². The molecular weight excluding hydrogens is 900 g/mol. The van der Waals surface area contributed by atoms with Crippen LogP contribution in [0.5, 0.6) is 0 Å². The van der Waals surface area contributed by atoms with Crippen LogP contribution in [-0.4, -0.2) is 114 Å². The quantitative estimate of drug-likeness (QED) is 0.137. The summed E-state index contributed by atoms with van der Waals surface area (Å²) in [6.45, 7) is 1.48. The number of aromatic nitrogens is 5. The Bertz CT molecular complexity index is 2990. The number of piperidine rings is 2. The Morgan fingerprint density at radius 1 is 0.912 bits per heavy atom. The summed E-state index contributed by atoms with van der Waals surface area (Å²) in [6, 6.07) is 14.2. The number of imide groups is 1. The molecule has 350 valence electrons. The number of hydrogen-bond donors (Lipinski definition) is 3. The fraction of sp³-hybridized carbons (Fsp3) is 0.375. The number of carbonyl (C=O) groups excluding carboxylic acids is 5. The Balaban J connectivity index is 0.702. The number of aryl methyl sites for hydroxylation is 1. The molecule has 2 atom stereocenters. The number of amides is 6. The fourth-order valence-electron chi connectivity index (χ4n) is 10.6. The first-order valence-corrected chi connectivity index (χ1v) is 23.7. The molecule has 3 saturated heterocycles. The number of H-pyrrole nitrogens is 1. The van der Waals surface area contributed by atoms with Gasteiger partial charge in [0, 0.05) is 66.4 Å². The highest BCUT2D eigenvalue weighted by Gasteiger charge is 2.46. The van der Waals surface area contributed by atoms with E-state index in [4.69, 9.17) is 0 Å². The molecule has 0 radical (unpaired) electrons. The van der Waals surface area contributed by atoms with E-state index in [9.17, 15) is 24.0 Å². The summed E-state index contributed by atoms with van der Waals surface area (Å²) < 4.78 is 49.6. The average molecular weight is 946 g/mol. The van der Waals surface area contributed by atoms with Crippen molar-refractivity contribution >= 4 is 62.8 Å². The molecule has 6 amide bonds. The van der Waals surface area contributed by atoms with E-state index in [0.717, 1.165) is 29.8 Å². The number of thiazole rings is 1. The van der Waals surface area contributed by atoms with Gasteiger partial charge >= 0.3 is 6.03 Å². The van der Waals surface area contributed by atoms with Gasteiger partial charge in [-0.1, -0.05) is 30.3 Å². The SMILES string of the molecule is O=C1CCN(c2n[nH]c3cc(C4CCN(CC(=O)N5CCC(c6ccc(-c7cc(F)c8c(c7)C(=O)N(C(C(=O)Nc7nccs7)c7ncn9c7CCC9)C8)cc6)CC5)CC4(F)F)ccc23)C(=O)N1. The van der Waals surface area contributed by atoms with E-state index >= 15 is 13.2 Å². The second kappa shape index (κ2) is 17.3. The number of rotatable bonds is 10. The lowest BCUT2D eigenvalue weighted by Crippen LogP contribution is -2.51. The van der Waals surface area contributed by atoms with Gasteiger partial charge < -0.3 is 14.4 Å². The lowest BCUT2D eigenvalue weighted by atomic mass is 9.85. The maximum atomic E-state index is 16.0. The molecule has 3 N–H and O–H groups in total. The van der Waals surface area contributed by atoms with Gasteiger partial charge in [0.1, 0.15) is 5.82 Å². The van der Waals surface area contributed by atoms with Crippen molar-refractivity contribution in [3.8, 4) is 11.1 Å². The molecule has 20 heteroatoms. The molecule has 5 aliphatic heterocycles. The van der Waals surface area contributed by atoms with Crippen LogP contribution in [0.3, 0.4) is 0 Å². The maximum absolute atomic E-state index is 16.0. The second-order valence-electron chi connectivity index (χ2n) is 18.2. The molecule has 0 saturated carbocycles. The maximum Gasteiger partial charge on any atom is 0.329 e. The Hall–Kier alpha value is -6.93. The normalized spacial score (nSPS) is 20.2. The predicted molar refractivity (Wildman–Crippen MR) is 245 cm³/mol. The minimum atomic E-state index is -3.10. The summed E-state index contributed by atoms with van der Waals surface area (Å²) in [5.41, 5.74) is 5.05. The van der Waals surface area contributed by atoms with Gasteiger partial charge in [-0.2, -0.15) is 5.10 Å². The van der Waals surface area contributed by atoms with Gasteiger partial charge in [0.15, 0.2) is 17.0 Å². The van der Waals surface area contributed by atoms with Crippen molar-refractivity contribution in [2.24, 2.45) is 0 Å². The molecule has 3 aromatic carbocycles. The van der Waals surface area contributed by atoms with Crippen LogP contribution in [0.4, 0.5) is 28.9 Å². The van der Waals surface area contributed by atoms with Crippen molar-refractivity contribution in [3.05, 3.63) is 112 Å². The van der Waals surface area contributed by atoms with Crippen molar-refractivity contribution in [1.29, 1.82) is 0 Å². The Morgan fingerprint density at radius 3 is 2.49 bits per heavy atom. The number of aromatic amines is 1. The largest absolute Gasteiger partial charge is 0.342 e. The number of alkyl halides is 2. The monoisotopic (exact) mass is 945 g/mol. The van der Waals surface area contributed by atoms with Crippen molar-refractivity contribution in [3.63, 3.8) is 0 Å². The minimum absolute atomic E-state index is 0.0877. The van der Waals surface area contributed by atoms with E-state index in [1.165, 1.54) is 32.1 Å². The van der Waals surface area contributed by atoms with Gasteiger partial charge in [-0.25, -0.2) is 27.9 Å². The molecule has 11 rings (SSSR count). The number of likely N-dealkylation sites (tertiary alicyclic amines) is 2. The van der Waals surface area contributed by atoms with Crippen LogP contribution in [0.15, 0.2) is 72.5 Å². The topological polar surface area (TPSA) is 182 Å². The summed E-state index contributed by atoms with van der Waals surface area (Å²) in [5.74, 6) is -5.70. The van der Waals surface area contributed by atoms with Crippen LogP contribution in [0.1, 0.15) is 88.4 Å². The van der Waals surface area contributed by atoms with Crippen LogP contribution < -0.4 is 15.5 Å². The summed E-state index contributed by atoms with van der Waals surface area (Å²) in [6.07, 6.45) is 6.54. The molecule has 3 aromatic heterocycles. The lowest BCUT2D eigenvalue weighted by molar-refractivity contribution is -0.137. The van der Waals surface area contributed by atoms with Crippen molar-refractivity contribution in [2.45, 2.75) is 75.4 Å². The van der Waals surface area contributed by atoms with E-state index < -0.39 is 48.1 Å². The summed E-state index contributed by atoms with van der Waals surface area (Å²) in [5, 5.41) is 14.9. The third-order valence-electron chi connectivity index (χ3n) is 14.2. The smallest absolute Gasteiger partial charge is 0.329 e.